The summed E-state index contributed by atoms with van der Waals surface area (Å²) >= 11 is 0. The summed E-state index contributed by atoms with van der Waals surface area (Å²) in [6.45, 7) is 0. The van der Waals surface area contributed by atoms with Crippen LogP contribution < -0.4 is 0 Å². The van der Waals surface area contributed by atoms with E-state index in [9.17, 15) is 9.18 Å². The number of halogens is 1. The monoisotopic (exact) mass is 287 g/mol. The fraction of sp³-hybridized carbons (Fsp3) is 0.412. The van der Waals surface area contributed by atoms with E-state index in [1.807, 2.05) is 6.07 Å². The van der Waals surface area contributed by atoms with Crippen molar-refractivity contribution < 1.29 is 14.3 Å². The number of hydrogen-bond acceptors (Lipinski definition) is 2. The van der Waals surface area contributed by atoms with Gasteiger partial charge in [-0.1, -0.05) is 0 Å². The number of nitrogens with zero attached hydrogens (tertiary/aromatic N) is 1. The predicted octanol–water partition coefficient (Wildman–Crippen LogP) is 4.12. The second-order valence-electron chi connectivity index (χ2n) is 5.88. The van der Waals surface area contributed by atoms with E-state index in [0.29, 0.717) is 5.92 Å². The third-order valence-corrected chi connectivity index (χ3v) is 4.49. The van der Waals surface area contributed by atoms with Crippen LogP contribution in [0.1, 0.15) is 43.6 Å². The van der Waals surface area contributed by atoms with Crippen LogP contribution in [0, 0.1) is 11.7 Å². The molecule has 3 nitrogen and oxygen atoms in total. The summed E-state index contributed by atoms with van der Waals surface area (Å²) in [7, 11) is 0. The third kappa shape index (κ3) is 3.04. The fourth-order valence-corrected chi connectivity index (χ4v) is 3.42. The highest BCUT2D eigenvalue weighted by Gasteiger charge is 2.25. The van der Waals surface area contributed by atoms with Gasteiger partial charge in [0.2, 0.25) is 0 Å². The van der Waals surface area contributed by atoms with Crippen molar-refractivity contribution in [2.75, 3.05) is 0 Å². The number of aliphatic carboxylic acids is 1. The van der Waals surface area contributed by atoms with Gasteiger partial charge in [0.1, 0.15) is 5.82 Å². The van der Waals surface area contributed by atoms with Crippen LogP contribution in [0.5, 0.6) is 0 Å². The number of carbonyl (C=O) groups is 1. The first-order chi connectivity index (χ1) is 10.1. The van der Waals surface area contributed by atoms with E-state index in [0.717, 1.165) is 42.1 Å². The van der Waals surface area contributed by atoms with Crippen molar-refractivity contribution in [3.05, 3.63) is 41.8 Å². The van der Waals surface area contributed by atoms with Crippen molar-refractivity contribution in [1.29, 1.82) is 0 Å². The average Bonchev–Trinajstić information content (AvgIpc) is 2.47. The molecule has 1 saturated carbocycles. The van der Waals surface area contributed by atoms with Gasteiger partial charge in [0.05, 0.1) is 5.52 Å². The van der Waals surface area contributed by atoms with Crippen molar-refractivity contribution in [1.82, 2.24) is 4.98 Å². The quantitative estimate of drug-likeness (QED) is 0.923. The molecule has 1 heterocycles. The number of carboxylic acid groups (broad SMARTS) is 1. The molecule has 0 unspecified atom stereocenters. The van der Waals surface area contributed by atoms with E-state index < -0.39 is 5.97 Å². The summed E-state index contributed by atoms with van der Waals surface area (Å²) in [6, 6.07) is 6.68. The molecular formula is C17H18FNO2. The average molecular weight is 287 g/mol. The Kier molecular flexibility index (Phi) is 3.86. The molecule has 110 valence electrons. The Labute approximate surface area is 122 Å². The number of pyridine rings is 1. The van der Waals surface area contributed by atoms with E-state index in [4.69, 9.17) is 5.11 Å². The van der Waals surface area contributed by atoms with Crippen molar-refractivity contribution in [3.63, 3.8) is 0 Å². The zero-order valence-electron chi connectivity index (χ0n) is 11.8. The smallest absolute Gasteiger partial charge is 0.303 e. The minimum atomic E-state index is -0.713. The van der Waals surface area contributed by atoms with Gasteiger partial charge in [-0.15, -0.1) is 0 Å². The normalized spacial score (nSPS) is 22.3. The lowest BCUT2D eigenvalue weighted by Gasteiger charge is -2.28. The lowest BCUT2D eigenvalue weighted by molar-refractivity contribution is -0.138. The second-order valence-corrected chi connectivity index (χ2v) is 5.88. The molecule has 0 spiro atoms. The van der Waals surface area contributed by atoms with Crippen LogP contribution in [0.15, 0.2) is 30.5 Å². The summed E-state index contributed by atoms with van der Waals surface area (Å²) in [6.07, 6.45) is 5.82. The van der Waals surface area contributed by atoms with Gasteiger partial charge >= 0.3 is 5.97 Å². The summed E-state index contributed by atoms with van der Waals surface area (Å²) in [5.41, 5.74) is 1.97. The van der Waals surface area contributed by atoms with Gasteiger partial charge in [-0.2, -0.15) is 0 Å². The minimum absolute atomic E-state index is 0.240. The molecule has 0 atom stereocenters. The number of carboxylic acids is 1. The molecule has 21 heavy (non-hydrogen) atoms. The molecule has 1 aromatic heterocycles. The number of aromatic nitrogens is 1. The number of benzene rings is 1. The molecule has 1 aliphatic rings. The maximum Gasteiger partial charge on any atom is 0.303 e. The highest BCUT2D eigenvalue weighted by atomic mass is 19.1. The fourth-order valence-electron chi connectivity index (χ4n) is 3.42. The van der Waals surface area contributed by atoms with Gasteiger partial charge in [0.25, 0.3) is 0 Å². The van der Waals surface area contributed by atoms with E-state index >= 15 is 0 Å². The van der Waals surface area contributed by atoms with Crippen molar-refractivity contribution in [2.45, 2.75) is 38.0 Å². The molecule has 0 amide bonds. The minimum Gasteiger partial charge on any atom is -0.481 e. The molecule has 1 aliphatic carbocycles. The summed E-state index contributed by atoms with van der Waals surface area (Å²) < 4.78 is 13.5. The van der Waals surface area contributed by atoms with E-state index in [1.54, 1.807) is 18.3 Å². The van der Waals surface area contributed by atoms with E-state index in [2.05, 4.69) is 4.98 Å². The largest absolute Gasteiger partial charge is 0.481 e. The standard InChI is InChI=1S/C17H18FNO2/c18-13-5-6-16-15(10-13)14(7-8-19-16)12-3-1-11(2-4-12)9-17(20)21/h5-8,10-12H,1-4,9H2,(H,20,21). The topological polar surface area (TPSA) is 50.2 Å². The molecule has 1 aromatic carbocycles. The summed E-state index contributed by atoms with van der Waals surface area (Å²) in [4.78, 5) is 15.1. The maximum atomic E-state index is 13.5. The SMILES string of the molecule is O=C(O)CC1CCC(c2ccnc3ccc(F)cc23)CC1. The predicted molar refractivity (Wildman–Crippen MR) is 78.7 cm³/mol. The Morgan fingerprint density at radius 2 is 2.00 bits per heavy atom. The van der Waals surface area contributed by atoms with E-state index in [1.165, 1.54) is 6.07 Å². The second kappa shape index (κ2) is 5.80. The molecule has 0 saturated heterocycles. The Morgan fingerprint density at radius 1 is 1.24 bits per heavy atom. The molecule has 3 rings (SSSR count). The highest BCUT2D eigenvalue weighted by Crippen LogP contribution is 2.39. The maximum absolute atomic E-state index is 13.5. The molecule has 1 N–H and O–H groups in total. The van der Waals surface area contributed by atoms with Gasteiger partial charge in [0.15, 0.2) is 0 Å². The number of fused-ring (bicyclic) bond motifs is 1. The molecule has 0 radical (unpaired) electrons. The molecule has 0 aliphatic heterocycles. The summed E-state index contributed by atoms with van der Waals surface area (Å²) in [5, 5.41) is 9.76. The first kappa shape index (κ1) is 14.0. The van der Waals surface area contributed by atoms with Gasteiger partial charge in [-0.3, -0.25) is 9.78 Å². The molecule has 4 heteroatoms. The Bertz CT molecular complexity index is 663. The Balaban J connectivity index is 1.82. The zero-order chi connectivity index (χ0) is 14.8. The zero-order valence-corrected chi connectivity index (χ0v) is 11.8. The lowest BCUT2D eigenvalue weighted by atomic mass is 9.77. The first-order valence-corrected chi connectivity index (χ1v) is 7.39. The number of rotatable bonds is 3. The van der Waals surface area contributed by atoms with Crippen molar-refractivity contribution >= 4 is 16.9 Å². The molecule has 1 fully saturated rings. The van der Waals surface area contributed by atoms with Crippen LogP contribution in [0.2, 0.25) is 0 Å². The van der Waals surface area contributed by atoms with Gasteiger partial charge in [-0.05, 0) is 67.3 Å². The lowest BCUT2D eigenvalue weighted by Crippen LogP contribution is -2.16. The van der Waals surface area contributed by atoms with Gasteiger partial charge in [-0.25, -0.2) is 4.39 Å². The van der Waals surface area contributed by atoms with Gasteiger partial charge < -0.3 is 5.11 Å². The number of hydrogen-bond donors (Lipinski definition) is 1. The van der Waals surface area contributed by atoms with Crippen LogP contribution in [-0.2, 0) is 4.79 Å². The molecule has 2 aromatic rings. The molecule has 0 bridgehead atoms. The Hall–Kier alpha value is -1.97. The third-order valence-electron chi connectivity index (χ3n) is 4.49. The first-order valence-electron chi connectivity index (χ1n) is 7.39. The van der Waals surface area contributed by atoms with Crippen LogP contribution in [0.4, 0.5) is 4.39 Å². The van der Waals surface area contributed by atoms with Crippen molar-refractivity contribution in [2.24, 2.45) is 5.92 Å². The molecular weight excluding hydrogens is 269 g/mol. The Morgan fingerprint density at radius 3 is 2.71 bits per heavy atom. The van der Waals surface area contributed by atoms with Gasteiger partial charge in [0, 0.05) is 18.0 Å². The van der Waals surface area contributed by atoms with Crippen LogP contribution in [0.3, 0.4) is 0 Å². The van der Waals surface area contributed by atoms with Crippen LogP contribution in [0.25, 0.3) is 10.9 Å². The van der Waals surface area contributed by atoms with Crippen LogP contribution >= 0.6 is 0 Å². The van der Waals surface area contributed by atoms with E-state index in [-0.39, 0.29) is 18.2 Å². The summed E-state index contributed by atoms with van der Waals surface area (Å²) in [5.74, 6) is -0.294. The van der Waals surface area contributed by atoms with Crippen LogP contribution in [-0.4, -0.2) is 16.1 Å². The highest BCUT2D eigenvalue weighted by molar-refractivity contribution is 5.82. The van der Waals surface area contributed by atoms with Crippen molar-refractivity contribution in [3.8, 4) is 0 Å².